The third kappa shape index (κ3) is 1.99. The van der Waals surface area contributed by atoms with Gasteiger partial charge in [-0.2, -0.15) is 0 Å². The van der Waals surface area contributed by atoms with Crippen LogP contribution in [0.1, 0.15) is 12.8 Å². The van der Waals surface area contributed by atoms with E-state index in [1.54, 1.807) is 12.3 Å². The van der Waals surface area contributed by atoms with Crippen LogP contribution in [-0.2, 0) is 0 Å². The van der Waals surface area contributed by atoms with Crippen LogP contribution in [0, 0.1) is 16.0 Å². The Morgan fingerprint density at radius 1 is 1.64 bits per heavy atom. The fourth-order valence-electron chi connectivity index (χ4n) is 1.26. The maximum absolute atomic E-state index is 10.6. The van der Waals surface area contributed by atoms with E-state index in [0.29, 0.717) is 11.6 Å². The molecule has 1 N–H and O–H groups in total. The summed E-state index contributed by atoms with van der Waals surface area (Å²) in [5.41, 5.74) is 0.616. The molecule has 1 aliphatic carbocycles. The Morgan fingerprint density at radius 2 is 2.43 bits per heavy atom. The van der Waals surface area contributed by atoms with E-state index in [-0.39, 0.29) is 5.69 Å². The van der Waals surface area contributed by atoms with Crippen LogP contribution in [0.15, 0.2) is 18.5 Å². The Balaban J connectivity index is 2.09. The first-order valence-electron chi connectivity index (χ1n) is 4.59. The van der Waals surface area contributed by atoms with Crippen molar-refractivity contribution in [2.75, 3.05) is 11.9 Å². The number of anilines is 1. The number of nitrogens with one attached hydrogen (secondary N) is 1. The molecule has 2 rings (SSSR count). The van der Waals surface area contributed by atoms with Crippen molar-refractivity contribution in [2.24, 2.45) is 5.92 Å². The minimum atomic E-state index is -0.414. The van der Waals surface area contributed by atoms with Gasteiger partial charge in [0.25, 0.3) is 0 Å². The molecule has 0 spiro atoms. The summed E-state index contributed by atoms with van der Waals surface area (Å²) in [7, 11) is 0. The maximum atomic E-state index is 10.6. The smallest absolute Gasteiger partial charge is 0.310 e. The molecule has 1 aliphatic rings. The molecule has 74 valence electrons. The number of nitro groups is 1. The van der Waals surface area contributed by atoms with Gasteiger partial charge in [-0.1, -0.05) is 0 Å². The molecule has 0 saturated heterocycles. The molecule has 1 fully saturated rings. The van der Waals surface area contributed by atoms with E-state index < -0.39 is 4.92 Å². The van der Waals surface area contributed by atoms with E-state index in [4.69, 9.17) is 0 Å². The topological polar surface area (TPSA) is 68.1 Å². The number of hydrogen-bond acceptors (Lipinski definition) is 4. The quantitative estimate of drug-likeness (QED) is 0.585. The first kappa shape index (κ1) is 8.93. The summed E-state index contributed by atoms with van der Waals surface area (Å²) in [5, 5.41) is 13.7. The van der Waals surface area contributed by atoms with Gasteiger partial charge in [-0.15, -0.1) is 0 Å². The monoisotopic (exact) mass is 193 g/mol. The number of aromatic nitrogens is 1. The molecule has 0 bridgehead atoms. The summed E-state index contributed by atoms with van der Waals surface area (Å²) in [5.74, 6) is 0.697. The fraction of sp³-hybridized carbons (Fsp3) is 0.444. The Hall–Kier alpha value is -1.65. The minimum absolute atomic E-state index is 0.0492. The van der Waals surface area contributed by atoms with Crippen molar-refractivity contribution in [1.29, 1.82) is 0 Å². The molecule has 1 saturated carbocycles. The molecule has 5 heteroatoms. The number of hydrogen-bond donors (Lipinski definition) is 1. The van der Waals surface area contributed by atoms with E-state index in [9.17, 15) is 10.1 Å². The van der Waals surface area contributed by atoms with Crippen LogP contribution in [0.25, 0.3) is 0 Å². The van der Waals surface area contributed by atoms with E-state index >= 15 is 0 Å². The van der Waals surface area contributed by atoms with Gasteiger partial charge in [0.2, 0.25) is 0 Å². The maximum Gasteiger partial charge on any atom is 0.310 e. The van der Waals surface area contributed by atoms with Crippen molar-refractivity contribution in [3.8, 4) is 0 Å². The second-order valence-electron chi connectivity index (χ2n) is 3.47. The zero-order valence-corrected chi connectivity index (χ0v) is 7.64. The second kappa shape index (κ2) is 3.61. The third-order valence-corrected chi connectivity index (χ3v) is 2.27. The molecule has 0 atom stereocenters. The summed E-state index contributed by atoms with van der Waals surface area (Å²) >= 11 is 0. The Morgan fingerprint density at radius 3 is 3.07 bits per heavy atom. The fourth-order valence-corrected chi connectivity index (χ4v) is 1.26. The molecule has 5 nitrogen and oxygen atoms in total. The minimum Gasteiger partial charge on any atom is -0.379 e. The average molecular weight is 193 g/mol. The van der Waals surface area contributed by atoms with Crippen LogP contribution in [0.5, 0.6) is 0 Å². The highest BCUT2D eigenvalue weighted by atomic mass is 16.6. The highest BCUT2D eigenvalue weighted by Crippen LogP contribution is 2.30. The first-order valence-corrected chi connectivity index (χ1v) is 4.59. The lowest BCUT2D eigenvalue weighted by Gasteiger charge is -2.04. The largest absolute Gasteiger partial charge is 0.379 e. The van der Waals surface area contributed by atoms with E-state index in [0.717, 1.165) is 6.54 Å². The average Bonchev–Trinajstić information content (AvgIpc) is 2.98. The van der Waals surface area contributed by atoms with Gasteiger partial charge < -0.3 is 5.32 Å². The Labute approximate surface area is 81.3 Å². The van der Waals surface area contributed by atoms with Crippen molar-refractivity contribution in [3.05, 3.63) is 28.6 Å². The highest BCUT2D eigenvalue weighted by molar-refractivity contribution is 5.59. The molecule has 0 amide bonds. The van der Waals surface area contributed by atoms with Crippen molar-refractivity contribution in [1.82, 2.24) is 4.98 Å². The second-order valence-corrected chi connectivity index (χ2v) is 3.47. The molecule has 1 aromatic heterocycles. The molecule has 1 aromatic rings. The standard InChI is InChI=1S/C9H11N3O2/c13-12(14)9-6-10-4-3-8(9)11-5-7-1-2-7/h3-4,6-7H,1-2,5H2,(H,10,11). The van der Waals surface area contributed by atoms with Crippen LogP contribution < -0.4 is 5.32 Å². The molecule has 0 aliphatic heterocycles. The lowest BCUT2D eigenvalue weighted by Crippen LogP contribution is -2.05. The van der Waals surface area contributed by atoms with E-state index in [2.05, 4.69) is 10.3 Å². The van der Waals surface area contributed by atoms with Crippen molar-refractivity contribution in [2.45, 2.75) is 12.8 Å². The zero-order chi connectivity index (χ0) is 9.97. The van der Waals surface area contributed by atoms with Gasteiger partial charge in [-0.25, -0.2) is 0 Å². The van der Waals surface area contributed by atoms with E-state index in [1.165, 1.54) is 19.0 Å². The number of pyridine rings is 1. The molecule has 0 aromatic carbocycles. The van der Waals surface area contributed by atoms with E-state index in [1.807, 2.05) is 0 Å². The predicted molar refractivity (Wildman–Crippen MR) is 52.1 cm³/mol. The van der Waals surface area contributed by atoms with Gasteiger partial charge in [-0.3, -0.25) is 15.1 Å². The van der Waals surface area contributed by atoms with Gasteiger partial charge >= 0.3 is 5.69 Å². The molecule has 1 heterocycles. The SMILES string of the molecule is O=[N+]([O-])c1cnccc1NCC1CC1. The van der Waals surface area contributed by atoms with Gasteiger partial charge in [0.1, 0.15) is 11.9 Å². The van der Waals surface area contributed by atoms with Crippen LogP contribution in [0.2, 0.25) is 0 Å². The van der Waals surface area contributed by atoms with Crippen molar-refractivity contribution < 1.29 is 4.92 Å². The van der Waals surface area contributed by atoms with Crippen molar-refractivity contribution >= 4 is 11.4 Å². The number of rotatable bonds is 4. The number of nitrogens with zero attached hydrogens (tertiary/aromatic N) is 2. The summed E-state index contributed by atoms with van der Waals surface area (Å²) in [4.78, 5) is 13.9. The molecular weight excluding hydrogens is 182 g/mol. The first-order chi connectivity index (χ1) is 6.77. The van der Waals surface area contributed by atoms with Crippen LogP contribution >= 0.6 is 0 Å². The van der Waals surface area contributed by atoms with Crippen LogP contribution in [0.3, 0.4) is 0 Å². The van der Waals surface area contributed by atoms with Gasteiger partial charge in [-0.05, 0) is 24.8 Å². The zero-order valence-electron chi connectivity index (χ0n) is 7.64. The molecular formula is C9H11N3O2. The van der Waals surface area contributed by atoms with Gasteiger partial charge in [0.15, 0.2) is 0 Å². The molecule has 14 heavy (non-hydrogen) atoms. The summed E-state index contributed by atoms with van der Waals surface area (Å²) in [6, 6.07) is 1.64. The Bertz CT molecular complexity index is 350. The lowest BCUT2D eigenvalue weighted by atomic mass is 10.3. The third-order valence-electron chi connectivity index (χ3n) is 2.27. The summed E-state index contributed by atoms with van der Waals surface area (Å²) in [6.45, 7) is 0.824. The molecule has 0 unspecified atom stereocenters. The summed E-state index contributed by atoms with van der Waals surface area (Å²) < 4.78 is 0. The Kier molecular flexibility index (Phi) is 2.30. The normalized spacial score (nSPS) is 15.1. The van der Waals surface area contributed by atoms with Gasteiger partial charge in [0.05, 0.1) is 4.92 Å². The highest BCUT2D eigenvalue weighted by Gasteiger charge is 2.22. The lowest BCUT2D eigenvalue weighted by molar-refractivity contribution is -0.384. The predicted octanol–water partition coefficient (Wildman–Crippen LogP) is 1.81. The van der Waals surface area contributed by atoms with Gasteiger partial charge in [0, 0.05) is 12.7 Å². The van der Waals surface area contributed by atoms with Crippen LogP contribution in [-0.4, -0.2) is 16.5 Å². The van der Waals surface area contributed by atoms with Crippen LogP contribution in [0.4, 0.5) is 11.4 Å². The van der Waals surface area contributed by atoms with Crippen molar-refractivity contribution in [3.63, 3.8) is 0 Å². The summed E-state index contributed by atoms with van der Waals surface area (Å²) in [6.07, 6.45) is 5.29. The molecule has 0 radical (unpaired) electrons.